The number of benzene rings is 2. The molecule has 3 aliphatic heterocycles. The number of unbranched alkanes of at least 4 members (excludes halogenated alkanes) is 1. The van der Waals surface area contributed by atoms with Crippen LogP contribution in [0.3, 0.4) is 0 Å². The predicted octanol–water partition coefficient (Wildman–Crippen LogP) is 2.76. The molecule has 5 rings (SSSR count). The molecule has 3 aliphatic rings. The van der Waals surface area contributed by atoms with Crippen LogP contribution in [0.25, 0.3) is 0 Å². The Hall–Kier alpha value is -3.63. The zero-order valence-electron chi connectivity index (χ0n) is 22.2. The SMILES string of the molecule is CCCCN1CCN(Cc2ccc(CNc3cccc4c3C(=O)N(C3CCC(=O)NC3=O)C4=O)c(F)c2)CC1. The number of fused-ring (bicyclic) bond motifs is 1. The van der Waals surface area contributed by atoms with Crippen molar-refractivity contribution in [3.05, 3.63) is 64.5 Å². The van der Waals surface area contributed by atoms with Crippen molar-refractivity contribution >= 4 is 29.3 Å². The quantitative estimate of drug-likeness (QED) is 0.476. The summed E-state index contributed by atoms with van der Waals surface area (Å²) in [6, 6.07) is 9.04. The van der Waals surface area contributed by atoms with Crippen LogP contribution in [0.15, 0.2) is 36.4 Å². The molecule has 4 amide bonds. The molecule has 39 heavy (non-hydrogen) atoms. The molecule has 0 aromatic heterocycles. The summed E-state index contributed by atoms with van der Waals surface area (Å²) in [5.74, 6) is -2.58. The van der Waals surface area contributed by atoms with Crippen molar-refractivity contribution in [2.24, 2.45) is 0 Å². The highest BCUT2D eigenvalue weighted by atomic mass is 19.1. The number of piperidine rings is 1. The standard InChI is InChI=1S/C29H34FN5O4/c1-2-3-11-33-12-14-34(15-13-33)18-19-7-8-20(22(30)16-19)17-31-23-6-4-5-21-26(23)29(39)35(28(21)38)24-9-10-25(36)32-27(24)37/h4-8,16,24,31H,2-3,9-15,17-18H2,1H3,(H,32,36,37). The number of piperazine rings is 1. The van der Waals surface area contributed by atoms with Gasteiger partial charge in [0.1, 0.15) is 11.9 Å². The summed E-state index contributed by atoms with van der Waals surface area (Å²) < 4.78 is 15.0. The third kappa shape index (κ3) is 5.72. The highest BCUT2D eigenvalue weighted by molar-refractivity contribution is 6.25. The number of amides is 4. The minimum atomic E-state index is -1.03. The normalized spacial score (nSPS) is 20.4. The molecule has 10 heteroatoms. The van der Waals surface area contributed by atoms with E-state index in [9.17, 15) is 19.2 Å². The van der Waals surface area contributed by atoms with Gasteiger partial charge in [-0.05, 0) is 43.1 Å². The summed E-state index contributed by atoms with van der Waals surface area (Å²) in [7, 11) is 0. The summed E-state index contributed by atoms with van der Waals surface area (Å²) in [5.41, 5.74) is 2.09. The highest BCUT2D eigenvalue weighted by Crippen LogP contribution is 2.32. The first-order valence-electron chi connectivity index (χ1n) is 13.7. The molecule has 206 valence electrons. The van der Waals surface area contributed by atoms with Gasteiger partial charge in [-0.25, -0.2) is 4.39 Å². The Kier molecular flexibility index (Phi) is 8.04. The Bertz CT molecular complexity index is 1290. The first-order valence-corrected chi connectivity index (χ1v) is 13.7. The topological polar surface area (TPSA) is 102 Å². The van der Waals surface area contributed by atoms with Crippen molar-refractivity contribution in [3.63, 3.8) is 0 Å². The van der Waals surface area contributed by atoms with Crippen LogP contribution in [0, 0.1) is 5.82 Å². The third-order valence-electron chi connectivity index (χ3n) is 7.75. The maximum atomic E-state index is 15.0. The lowest BCUT2D eigenvalue weighted by molar-refractivity contribution is -0.136. The van der Waals surface area contributed by atoms with Gasteiger partial charge in [-0.3, -0.25) is 34.3 Å². The monoisotopic (exact) mass is 535 g/mol. The van der Waals surface area contributed by atoms with Crippen molar-refractivity contribution in [2.45, 2.75) is 51.7 Å². The molecule has 2 aromatic rings. The summed E-state index contributed by atoms with van der Waals surface area (Å²) in [5, 5.41) is 5.30. The first kappa shape index (κ1) is 27.0. The molecule has 2 aromatic carbocycles. The smallest absolute Gasteiger partial charge is 0.264 e. The number of hydrogen-bond acceptors (Lipinski definition) is 7. The van der Waals surface area contributed by atoms with Crippen LogP contribution in [0.2, 0.25) is 0 Å². The van der Waals surface area contributed by atoms with E-state index in [1.165, 1.54) is 18.9 Å². The van der Waals surface area contributed by atoms with Crippen molar-refractivity contribution in [2.75, 3.05) is 38.0 Å². The third-order valence-corrected chi connectivity index (χ3v) is 7.75. The van der Waals surface area contributed by atoms with Crippen molar-refractivity contribution in [1.29, 1.82) is 0 Å². The van der Waals surface area contributed by atoms with Gasteiger partial charge in [0.25, 0.3) is 11.8 Å². The highest BCUT2D eigenvalue weighted by Gasteiger charge is 2.45. The van der Waals surface area contributed by atoms with Gasteiger partial charge in [-0.15, -0.1) is 0 Å². The Balaban J connectivity index is 1.22. The van der Waals surface area contributed by atoms with E-state index >= 15 is 4.39 Å². The number of rotatable bonds is 9. The van der Waals surface area contributed by atoms with Crippen molar-refractivity contribution in [3.8, 4) is 0 Å². The molecule has 2 saturated heterocycles. The van der Waals surface area contributed by atoms with Crippen molar-refractivity contribution < 1.29 is 23.6 Å². The van der Waals surface area contributed by atoms with Gasteiger partial charge in [-0.2, -0.15) is 0 Å². The number of halogens is 1. The Morgan fingerprint density at radius 3 is 2.49 bits per heavy atom. The number of carbonyl (C=O) groups is 4. The van der Waals surface area contributed by atoms with Crippen LogP contribution in [0.1, 0.15) is 64.4 Å². The molecule has 3 heterocycles. The number of imide groups is 2. The summed E-state index contributed by atoms with van der Waals surface area (Å²) >= 11 is 0. The van der Waals surface area contributed by atoms with Gasteiger partial charge >= 0.3 is 0 Å². The van der Waals surface area contributed by atoms with E-state index in [0.29, 0.717) is 17.8 Å². The zero-order chi connectivity index (χ0) is 27.5. The van der Waals surface area contributed by atoms with Crippen LogP contribution in [0.5, 0.6) is 0 Å². The second-order valence-corrected chi connectivity index (χ2v) is 10.4. The molecule has 1 unspecified atom stereocenters. The molecule has 0 saturated carbocycles. The Morgan fingerprint density at radius 2 is 1.77 bits per heavy atom. The van der Waals surface area contributed by atoms with Crippen LogP contribution in [-0.2, 0) is 22.7 Å². The lowest BCUT2D eigenvalue weighted by atomic mass is 10.0. The number of anilines is 1. The lowest BCUT2D eigenvalue weighted by Gasteiger charge is -2.34. The molecule has 9 nitrogen and oxygen atoms in total. The molecule has 1 atom stereocenters. The number of hydrogen-bond donors (Lipinski definition) is 2. The molecule has 0 radical (unpaired) electrons. The van der Waals surface area contributed by atoms with Gasteiger partial charge in [0.15, 0.2) is 0 Å². The largest absolute Gasteiger partial charge is 0.380 e. The van der Waals surface area contributed by atoms with Gasteiger partial charge in [0, 0.05) is 56.9 Å². The van der Waals surface area contributed by atoms with Crippen LogP contribution in [0.4, 0.5) is 10.1 Å². The van der Waals surface area contributed by atoms with E-state index in [1.54, 1.807) is 24.3 Å². The summed E-state index contributed by atoms with van der Waals surface area (Å²) in [4.78, 5) is 55.9. The maximum Gasteiger partial charge on any atom is 0.264 e. The Labute approximate surface area is 227 Å². The number of carbonyl (C=O) groups excluding carboxylic acids is 4. The average Bonchev–Trinajstić information content (AvgIpc) is 3.18. The summed E-state index contributed by atoms with van der Waals surface area (Å²) in [6.45, 7) is 8.17. The molecular formula is C29H34FN5O4. The number of nitrogens with one attached hydrogen (secondary N) is 2. The van der Waals surface area contributed by atoms with Gasteiger partial charge < -0.3 is 10.2 Å². The minimum absolute atomic E-state index is 0.0549. The summed E-state index contributed by atoms with van der Waals surface area (Å²) in [6.07, 6.45) is 2.56. The second kappa shape index (κ2) is 11.6. The van der Waals surface area contributed by atoms with Crippen LogP contribution < -0.4 is 10.6 Å². The molecule has 2 fully saturated rings. The van der Waals surface area contributed by atoms with E-state index in [-0.39, 0.29) is 36.3 Å². The predicted molar refractivity (Wildman–Crippen MR) is 143 cm³/mol. The molecular weight excluding hydrogens is 501 g/mol. The van der Waals surface area contributed by atoms with Gasteiger partial charge in [-0.1, -0.05) is 31.5 Å². The molecule has 0 spiro atoms. The minimum Gasteiger partial charge on any atom is -0.380 e. The fraction of sp³-hybridized carbons (Fsp3) is 0.448. The van der Waals surface area contributed by atoms with Crippen molar-refractivity contribution in [1.82, 2.24) is 20.0 Å². The second-order valence-electron chi connectivity index (χ2n) is 10.4. The fourth-order valence-electron chi connectivity index (χ4n) is 5.50. The van der Waals surface area contributed by atoms with Gasteiger partial charge in [0.05, 0.1) is 11.1 Å². The zero-order valence-corrected chi connectivity index (χ0v) is 22.2. The van der Waals surface area contributed by atoms with E-state index < -0.39 is 29.7 Å². The van der Waals surface area contributed by atoms with E-state index in [4.69, 9.17) is 0 Å². The van der Waals surface area contributed by atoms with E-state index in [2.05, 4.69) is 27.4 Å². The Morgan fingerprint density at radius 1 is 1.00 bits per heavy atom. The van der Waals surface area contributed by atoms with Crippen LogP contribution >= 0.6 is 0 Å². The van der Waals surface area contributed by atoms with Crippen LogP contribution in [-0.4, -0.2) is 77.1 Å². The molecule has 0 bridgehead atoms. The maximum absolute atomic E-state index is 15.0. The first-order chi connectivity index (χ1) is 18.9. The van der Waals surface area contributed by atoms with E-state index in [0.717, 1.165) is 43.2 Å². The van der Waals surface area contributed by atoms with E-state index in [1.807, 2.05) is 6.07 Å². The lowest BCUT2D eigenvalue weighted by Crippen LogP contribution is -2.54. The molecule has 0 aliphatic carbocycles. The molecule has 2 N–H and O–H groups in total. The fourth-order valence-corrected chi connectivity index (χ4v) is 5.50. The average molecular weight is 536 g/mol. The number of nitrogens with zero attached hydrogens (tertiary/aromatic N) is 3. The van der Waals surface area contributed by atoms with Gasteiger partial charge in [0.2, 0.25) is 11.8 Å².